The van der Waals surface area contributed by atoms with E-state index >= 15 is 0 Å². The van der Waals surface area contributed by atoms with Crippen LogP contribution in [0.3, 0.4) is 0 Å². The summed E-state index contributed by atoms with van der Waals surface area (Å²) in [4.78, 5) is 0.103. The van der Waals surface area contributed by atoms with E-state index in [9.17, 15) is 12.8 Å². The van der Waals surface area contributed by atoms with Crippen LogP contribution in [0.4, 0.5) is 4.39 Å². The van der Waals surface area contributed by atoms with E-state index < -0.39 is 15.8 Å². The third-order valence-electron chi connectivity index (χ3n) is 3.66. The zero-order valence-electron chi connectivity index (χ0n) is 13.1. The minimum Gasteiger partial charge on any atom is -0.207 e. The number of hydrogen-bond acceptors (Lipinski definition) is 2. The molecule has 0 bridgehead atoms. The SMILES string of the molecule is Cc1ccc(C)c([C@@H](C)NS(=O)(=O)c2ccc(F)cc2C)c1. The third kappa shape index (κ3) is 3.54. The number of rotatable bonds is 4. The molecule has 22 heavy (non-hydrogen) atoms. The fourth-order valence-electron chi connectivity index (χ4n) is 2.50. The molecule has 0 aliphatic rings. The van der Waals surface area contributed by atoms with Crippen molar-refractivity contribution >= 4 is 10.0 Å². The molecular weight excluding hydrogens is 301 g/mol. The molecule has 2 aromatic carbocycles. The molecule has 0 radical (unpaired) electrons. The Morgan fingerprint density at radius 2 is 1.68 bits per heavy atom. The number of aryl methyl sites for hydroxylation is 3. The third-order valence-corrected chi connectivity index (χ3v) is 5.36. The van der Waals surface area contributed by atoms with Gasteiger partial charge in [-0.05, 0) is 62.6 Å². The Morgan fingerprint density at radius 1 is 1.00 bits per heavy atom. The highest BCUT2D eigenvalue weighted by atomic mass is 32.2. The van der Waals surface area contributed by atoms with Gasteiger partial charge in [-0.3, -0.25) is 0 Å². The van der Waals surface area contributed by atoms with Crippen LogP contribution in [0.2, 0.25) is 0 Å². The van der Waals surface area contributed by atoms with Gasteiger partial charge in [0.2, 0.25) is 10.0 Å². The smallest absolute Gasteiger partial charge is 0.207 e. The summed E-state index contributed by atoms with van der Waals surface area (Å²) in [6, 6.07) is 9.24. The van der Waals surface area contributed by atoms with Crippen molar-refractivity contribution in [1.82, 2.24) is 4.72 Å². The first-order valence-corrected chi connectivity index (χ1v) is 8.54. The molecule has 0 unspecified atom stereocenters. The van der Waals surface area contributed by atoms with Gasteiger partial charge in [0, 0.05) is 6.04 Å². The number of halogens is 1. The largest absolute Gasteiger partial charge is 0.241 e. The second-order valence-corrected chi connectivity index (χ2v) is 7.30. The molecule has 0 saturated carbocycles. The van der Waals surface area contributed by atoms with E-state index in [-0.39, 0.29) is 10.9 Å². The van der Waals surface area contributed by atoms with Crippen LogP contribution in [0.25, 0.3) is 0 Å². The van der Waals surface area contributed by atoms with Crippen molar-refractivity contribution < 1.29 is 12.8 Å². The van der Waals surface area contributed by atoms with Crippen molar-refractivity contribution in [1.29, 1.82) is 0 Å². The highest BCUT2D eigenvalue weighted by Crippen LogP contribution is 2.23. The molecule has 0 spiro atoms. The Bertz CT molecular complexity index is 800. The van der Waals surface area contributed by atoms with E-state index in [4.69, 9.17) is 0 Å². The van der Waals surface area contributed by atoms with Gasteiger partial charge in [-0.15, -0.1) is 0 Å². The topological polar surface area (TPSA) is 46.2 Å². The average Bonchev–Trinajstić information content (AvgIpc) is 2.40. The Morgan fingerprint density at radius 3 is 2.32 bits per heavy atom. The van der Waals surface area contributed by atoms with Crippen molar-refractivity contribution in [2.75, 3.05) is 0 Å². The van der Waals surface area contributed by atoms with E-state index in [1.54, 1.807) is 13.8 Å². The maximum absolute atomic E-state index is 13.1. The minimum absolute atomic E-state index is 0.103. The molecule has 2 rings (SSSR count). The zero-order valence-corrected chi connectivity index (χ0v) is 14.0. The van der Waals surface area contributed by atoms with Crippen LogP contribution in [0.15, 0.2) is 41.3 Å². The molecule has 0 fully saturated rings. The lowest BCUT2D eigenvalue weighted by Crippen LogP contribution is -2.28. The molecule has 0 heterocycles. The van der Waals surface area contributed by atoms with Gasteiger partial charge >= 0.3 is 0 Å². The maximum atomic E-state index is 13.1. The number of sulfonamides is 1. The predicted molar refractivity (Wildman–Crippen MR) is 85.8 cm³/mol. The van der Waals surface area contributed by atoms with Crippen LogP contribution < -0.4 is 4.72 Å². The monoisotopic (exact) mass is 321 g/mol. The lowest BCUT2D eigenvalue weighted by molar-refractivity contribution is 0.565. The fourth-order valence-corrected chi connectivity index (χ4v) is 3.95. The lowest BCUT2D eigenvalue weighted by atomic mass is 10.0. The van der Waals surface area contributed by atoms with Crippen molar-refractivity contribution in [2.45, 2.75) is 38.6 Å². The first-order valence-electron chi connectivity index (χ1n) is 7.06. The summed E-state index contributed by atoms with van der Waals surface area (Å²) in [6.45, 7) is 7.30. The molecule has 2 aromatic rings. The molecule has 3 nitrogen and oxygen atoms in total. The molecule has 1 N–H and O–H groups in total. The number of nitrogens with one attached hydrogen (secondary N) is 1. The normalized spacial score (nSPS) is 13.1. The van der Waals surface area contributed by atoms with Crippen LogP contribution in [-0.4, -0.2) is 8.42 Å². The fraction of sp³-hybridized carbons (Fsp3) is 0.294. The van der Waals surface area contributed by atoms with Crippen LogP contribution in [0.1, 0.15) is 35.2 Å². The zero-order chi connectivity index (χ0) is 16.5. The van der Waals surface area contributed by atoms with Crippen LogP contribution in [-0.2, 0) is 10.0 Å². The molecule has 5 heteroatoms. The average molecular weight is 321 g/mol. The summed E-state index contributed by atoms with van der Waals surface area (Å²) in [5.41, 5.74) is 3.42. The summed E-state index contributed by atoms with van der Waals surface area (Å²) in [7, 11) is -3.70. The van der Waals surface area contributed by atoms with Gasteiger partial charge in [0.15, 0.2) is 0 Å². The van der Waals surface area contributed by atoms with Gasteiger partial charge < -0.3 is 0 Å². The first kappa shape index (κ1) is 16.6. The number of benzene rings is 2. The highest BCUT2D eigenvalue weighted by molar-refractivity contribution is 7.89. The van der Waals surface area contributed by atoms with Gasteiger partial charge in [0.05, 0.1) is 4.90 Å². The highest BCUT2D eigenvalue weighted by Gasteiger charge is 2.21. The molecule has 0 saturated heterocycles. The van der Waals surface area contributed by atoms with E-state index in [1.165, 1.54) is 12.1 Å². The molecular formula is C17H20FNO2S. The summed E-state index contributed by atoms with van der Waals surface area (Å²) < 4.78 is 40.8. The van der Waals surface area contributed by atoms with Gasteiger partial charge in [0.25, 0.3) is 0 Å². The molecule has 0 aromatic heterocycles. The molecule has 0 amide bonds. The van der Waals surface area contributed by atoms with E-state index in [0.717, 1.165) is 22.8 Å². The van der Waals surface area contributed by atoms with E-state index in [1.807, 2.05) is 32.0 Å². The Labute approximate surface area is 131 Å². The minimum atomic E-state index is -3.70. The van der Waals surface area contributed by atoms with Gasteiger partial charge in [-0.2, -0.15) is 0 Å². The number of hydrogen-bond donors (Lipinski definition) is 1. The second-order valence-electron chi connectivity index (χ2n) is 5.61. The predicted octanol–water partition coefficient (Wildman–Crippen LogP) is 3.79. The summed E-state index contributed by atoms with van der Waals surface area (Å²) in [6.07, 6.45) is 0. The van der Waals surface area contributed by atoms with Crippen molar-refractivity contribution in [2.24, 2.45) is 0 Å². The lowest BCUT2D eigenvalue weighted by Gasteiger charge is -2.18. The molecule has 0 aliphatic heterocycles. The molecule has 0 aliphatic carbocycles. The summed E-state index contributed by atoms with van der Waals surface area (Å²) >= 11 is 0. The quantitative estimate of drug-likeness (QED) is 0.931. The van der Waals surface area contributed by atoms with Crippen molar-refractivity contribution in [3.63, 3.8) is 0 Å². The standard InChI is InChI=1S/C17H20FNO2S/c1-11-5-6-12(2)16(9-11)14(4)19-22(20,21)17-8-7-15(18)10-13(17)3/h5-10,14,19H,1-4H3/t14-/m1/s1. The second kappa shape index (κ2) is 6.18. The van der Waals surface area contributed by atoms with Crippen molar-refractivity contribution in [3.05, 3.63) is 64.5 Å². The Kier molecular flexibility index (Phi) is 4.68. The van der Waals surface area contributed by atoms with Crippen LogP contribution in [0.5, 0.6) is 0 Å². The maximum Gasteiger partial charge on any atom is 0.241 e. The Hall–Kier alpha value is -1.72. The molecule has 1 atom stereocenters. The van der Waals surface area contributed by atoms with Crippen LogP contribution >= 0.6 is 0 Å². The van der Waals surface area contributed by atoms with Gasteiger partial charge in [-0.25, -0.2) is 17.5 Å². The summed E-state index contributed by atoms with van der Waals surface area (Å²) in [5.74, 6) is -0.445. The Balaban J connectivity index is 2.34. The van der Waals surface area contributed by atoms with Gasteiger partial charge in [0.1, 0.15) is 5.82 Å². The van der Waals surface area contributed by atoms with E-state index in [2.05, 4.69) is 4.72 Å². The van der Waals surface area contributed by atoms with E-state index in [0.29, 0.717) is 5.56 Å². The van der Waals surface area contributed by atoms with Gasteiger partial charge in [-0.1, -0.05) is 23.8 Å². The summed E-state index contributed by atoms with van der Waals surface area (Å²) in [5, 5.41) is 0. The van der Waals surface area contributed by atoms with Crippen molar-refractivity contribution in [3.8, 4) is 0 Å². The van der Waals surface area contributed by atoms with Crippen LogP contribution in [0, 0.1) is 26.6 Å². The molecule has 118 valence electrons. The first-order chi connectivity index (χ1) is 10.2.